The van der Waals surface area contributed by atoms with E-state index in [2.05, 4.69) is 0 Å². The van der Waals surface area contributed by atoms with Crippen LogP contribution in [0.4, 0.5) is 4.39 Å². The highest BCUT2D eigenvalue weighted by Crippen LogP contribution is 2.23. The quantitative estimate of drug-likeness (QED) is 0.782. The number of alkyl halides is 1. The smallest absolute Gasteiger partial charge is 0.137 e. The summed E-state index contributed by atoms with van der Waals surface area (Å²) >= 11 is 0. The van der Waals surface area contributed by atoms with Crippen molar-refractivity contribution in [2.24, 2.45) is 11.5 Å². The van der Waals surface area contributed by atoms with E-state index in [0.29, 0.717) is 6.42 Å². The van der Waals surface area contributed by atoms with Gasteiger partial charge in [-0.05, 0) is 12.8 Å². The van der Waals surface area contributed by atoms with E-state index in [4.69, 9.17) is 16.2 Å². The standard InChI is InChI=1S/C8H17FN2O.2ClH/c9-8(5-10,6-11)4-7-2-1-3-12-7;;/h7H,1-6,10-11H2;2*1H. The number of hydrogen-bond acceptors (Lipinski definition) is 3. The normalized spacial score (nSPS) is 21.2. The van der Waals surface area contributed by atoms with Gasteiger partial charge in [0.25, 0.3) is 0 Å². The van der Waals surface area contributed by atoms with Crippen molar-refractivity contribution in [3.63, 3.8) is 0 Å². The maximum atomic E-state index is 13.6. The minimum absolute atomic E-state index is 0. The lowest BCUT2D eigenvalue weighted by Crippen LogP contribution is -2.43. The lowest BCUT2D eigenvalue weighted by molar-refractivity contribution is 0.0465. The molecule has 4 N–H and O–H groups in total. The first-order valence-electron chi connectivity index (χ1n) is 4.41. The molecule has 0 amide bonds. The molecule has 1 atom stereocenters. The van der Waals surface area contributed by atoms with E-state index in [1.54, 1.807) is 0 Å². The summed E-state index contributed by atoms with van der Waals surface area (Å²) in [6, 6.07) is 0. The average Bonchev–Trinajstić information content (AvgIpc) is 2.57. The molecule has 1 unspecified atom stereocenters. The highest BCUT2D eigenvalue weighted by atomic mass is 35.5. The first kappa shape index (κ1) is 16.8. The maximum absolute atomic E-state index is 13.6. The molecule has 0 spiro atoms. The predicted octanol–water partition coefficient (Wildman–Crippen LogP) is 1.02. The molecule has 0 bridgehead atoms. The molecule has 1 aliphatic rings. The largest absolute Gasteiger partial charge is 0.378 e. The van der Waals surface area contributed by atoms with Crippen LogP contribution >= 0.6 is 24.8 Å². The Bertz CT molecular complexity index is 141. The van der Waals surface area contributed by atoms with Gasteiger partial charge < -0.3 is 16.2 Å². The Balaban J connectivity index is 0. The maximum Gasteiger partial charge on any atom is 0.137 e. The lowest BCUT2D eigenvalue weighted by atomic mass is 9.97. The molecule has 1 fully saturated rings. The molecule has 1 rings (SSSR count). The summed E-state index contributed by atoms with van der Waals surface area (Å²) < 4.78 is 18.9. The monoisotopic (exact) mass is 248 g/mol. The van der Waals surface area contributed by atoms with Gasteiger partial charge in [0.2, 0.25) is 0 Å². The van der Waals surface area contributed by atoms with Crippen LogP contribution in [0.5, 0.6) is 0 Å². The van der Waals surface area contributed by atoms with E-state index in [0.717, 1.165) is 19.4 Å². The summed E-state index contributed by atoms with van der Waals surface area (Å²) in [5.74, 6) is 0. The van der Waals surface area contributed by atoms with E-state index in [9.17, 15) is 4.39 Å². The molecule has 1 heterocycles. The van der Waals surface area contributed by atoms with Crippen LogP contribution in [0, 0.1) is 0 Å². The molecule has 0 aromatic carbocycles. The topological polar surface area (TPSA) is 61.3 Å². The predicted molar refractivity (Wildman–Crippen MR) is 60.0 cm³/mol. The Morgan fingerprint density at radius 2 is 1.86 bits per heavy atom. The van der Waals surface area contributed by atoms with Gasteiger partial charge in [0.1, 0.15) is 5.67 Å². The minimum atomic E-state index is -1.42. The first-order chi connectivity index (χ1) is 5.70. The fourth-order valence-corrected chi connectivity index (χ4v) is 1.46. The Kier molecular flexibility index (Phi) is 9.19. The summed E-state index contributed by atoms with van der Waals surface area (Å²) in [6.45, 7) is 0.725. The molecule has 0 saturated carbocycles. The van der Waals surface area contributed by atoms with Crippen LogP contribution in [-0.2, 0) is 4.74 Å². The summed E-state index contributed by atoms with van der Waals surface area (Å²) in [5.41, 5.74) is 9.15. The zero-order chi connectivity index (χ0) is 9.03. The molecule has 1 saturated heterocycles. The highest BCUT2D eigenvalue weighted by molar-refractivity contribution is 5.85. The van der Waals surface area contributed by atoms with Crippen molar-refractivity contribution in [2.75, 3.05) is 19.7 Å². The molecule has 0 aliphatic carbocycles. The van der Waals surface area contributed by atoms with Gasteiger partial charge in [0.15, 0.2) is 0 Å². The van der Waals surface area contributed by atoms with E-state index in [1.807, 2.05) is 0 Å². The van der Waals surface area contributed by atoms with Gasteiger partial charge in [-0.25, -0.2) is 4.39 Å². The second-order valence-electron chi connectivity index (χ2n) is 3.40. The number of rotatable bonds is 4. The zero-order valence-electron chi connectivity index (χ0n) is 8.08. The van der Waals surface area contributed by atoms with Crippen LogP contribution in [0.1, 0.15) is 19.3 Å². The second-order valence-corrected chi connectivity index (χ2v) is 3.40. The van der Waals surface area contributed by atoms with Crippen molar-refractivity contribution in [3.8, 4) is 0 Å². The third-order valence-corrected chi connectivity index (χ3v) is 2.35. The van der Waals surface area contributed by atoms with Gasteiger partial charge in [-0.3, -0.25) is 0 Å². The van der Waals surface area contributed by atoms with Crippen LogP contribution in [0.15, 0.2) is 0 Å². The third kappa shape index (κ3) is 4.75. The van der Waals surface area contributed by atoms with Crippen LogP contribution in [0.3, 0.4) is 0 Å². The van der Waals surface area contributed by atoms with Crippen molar-refractivity contribution in [1.29, 1.82) is 0 Å². The number of halogens is 3. The van der Waals surface area contributed by atoms with Gasteiger partial charge >= 0.3 is 0 Å². The van der Waals surface area contributed by atoms with Gasteiger partial charge in [-0.15, -0.1) is 24.8 Å². The highest BCUT2D eigenvalue weighted by Gasteiger charge is 2.31. The van der Waals surface area contributed by atoms with Gasteiger partial charge in [0, 0.05) is 26.1 Å². The zero-order valence-corrected chi connectivity index (χ0v) is 9.71. The third-order valence-electron chi connectivity index (χ3n) is 2.35. The van der Waals surface area contributed by atoms with Gasteiger partial charge in [0.05, 0.1) is 6.10 Å². The lowest BCUT2D eigenvalue weighted by Gasteiger charge is -2.24. The Hall–Kier alpha value is 0.390. The minimum Gasteiger partial charge on any atom is -0.378 e. The fourth-order valence-electron chi connectivity index (χ4n) is 1.46. The number of hydrogen-bond donors (Lipinski definition) is 2. The molecular weight excluding hydrogens is 230 g/mol. The average molecular weight is 249 g/mol. The number of nitrogens with two attached hydrogens (primary N) is 2. The van der Waals surface area contributed by atoms with Crippen LogP contribution in [0.25, 0.3) is 0 Å². The summed E-state index contributed by atoms with van der Waals surface area (Å²) in [4.78, 5) is 0. The molecule has 14 heavy (non-hydrogen) atoms. The van der Waals surface area contributed by atoms with Crippen molar-refractivity contribution < 1.29 is 9.13 Å². The molecule has 0 aromatic heterocycles. The molecule has 1 aliphatic heterocycles. The van der Waals surface area contributed by atoms with Crippen molar-refractivity contribution in [2.45, 2.75) is 31.0 Å². The Morgan fingerprint density at radius 3 is 2.21 bits per heavy atom. The SMILES string of the molecule is Cl.Cl.NCC(F)(CN)CC1CCCO1. The molecule has 0 aromatic rings. The van der Waals surface area contributed by atoms with Crippen LogP contribution in [-0.4, -0.2) is 31.5 Å². The molecule has 88 valence electrons. The second kappa shape index (κ2) is 7.65. The van der Waals surface area contributed by atoms with Crippen molar-refractivity contribution in [1.82, 2.24) is 0 Å². The Morgan fingerprint density at radius 1 is 1.29 bits per heavy atom. The summed E-state index contributed by atoms with van der Waals surface area (Å²) in [5, 5.41) is 0. The van der Waals surface area contributed by atoms with E-state index >= 15 is 0 Å². The van der Waals surface area contributed by atoms with E-state index in [-0.39, 0.29) is 44.0 Å². The van der Waals surface area contributed by atoms with Gasteiger partial charge in [-0.2, -0.15) is 0 Å². The van der Waals surface area contributed by atoms with Crippen molar-refractivity contribution >= 4 is 24.8 Å². The Labute approximate surface area is 96.6 Å². The molecule has 3 nitrogen and oxygen atoms in total. The van der Waals surface area contributed by atoms with Gasteiger partial charge in [-0.1, -0.05) is 0 Å². The van der Waals surface area contributed by atoms with Crippen LogP contribution in [0.2, 0.25) is 0 Å². The summed E-state index contributed by atoms with van der Waals surface area (Å²) in [6.07, 6.45) is 2.34. The first-order valence-corrected chi connectivity index (χ1v) is 4.41. The van der Waals surface area contributed by atoms with Crippen molar-refractivity contribution in [3.05, 3.63) is 0 Å². The molecule has 0 radical (unpaired) electrons. The summed E-state index contributed by atoms with van der Waals surface area (Å²) in [7, 11) is 0. The van der Waals surface area contributed by atoms with E-state index in [1.165, 1.54) is 0 Å². The molecular formula is C8H19Cl2FN2O. The molecule has 6 heteroatoms. The fraction of sp³-hybridized carbons (Fsp3) is 1.00. The van der Waals surface area contributed by atoms with Crippen LogP contribution < -0.4 is 11.5 Å². The number of ether oxygens (including phenoxy) is 1. The van der Waals surface area contributed by atoms with E-state index < -0.39 is 5.67 Å².